The number of nitrogens with zero attached hydrogens (tertiary/aromatic N) is 1. The van der Waals surface area contributed by atoms with Gasteiger partial charge in [0.1, 0.15) is 0 Å². The van der Waals surface area contributed by atoms with Crippen molar-refractivity contribution in [3.05, 3.63) is 0 Å². The first-order chi connectivity index (χ1) is 11.4. The largest absolute Gasteiger partial charge is 0.396 e. The molecule has 1 heterocycles. The third kappa shape index (κ3) is 3.46. The number of hydrogen-bond donors (Lipinski definition) is 2. The number of carbonyl (C=O) groups excluding carboxylic acids is 2. The van der Waals surface area contributed by atoms with Crippen molar-refractivity contribution in [3.63, 3.8) is 0 Å². The van der Waals surface area contributed by atoms with Crippen molar-refractivity contribution in [1.29, 1.82) is 0 Å². The van der Waals surface area contributed by atoms with Crippen LogP contribution in [0, 0.1) is 17.3 Å². The monoisotopic (exact) mass is 336 g/mol. The molecule has 3 aliphatic rings. The highest BCUT2D eigenvalue weighted by atomic mass is 16.3. The van der Waals surface area contributed by atoms with Crippen molar-refractivity contribution in [2.75, 3.05) is 13.2 Å². The SMILES string of the molecule is CC1CCC(N2C[C@H](C(=O)N[C@@H]3CCC[C@@]3(C)CO)CC2=O)CC1. The summed E-state index contributed by atoms with van der Waals surface area (Å²) < 4.78 is 0. The lowest BCUT2D eigenvalue weighted by molar-refractivity contribution is -0.131. The second-order valence-corrected chi connectivity index (χ2v) is 8.63. The Morgan fingerprint density at radius 1 is 1.29 bits per heavy atom. The minimum absolute atomic E-state index is 0.00148. The second-order valence-electron chi connectivity index (χ2n) is 8.63. The van der Waals surface area contributed by atoms with E-state index in [1.807, 2.05) is 11.8 Å². The molecule has 1 aliphatic heterocycles. The lowest BCUT2D eigenvalue weighted by atomic mass is 9.85. The van der Waals surface area contributed by atoms with Crippen LogP contribution in [0.2, 0.25) is 0 Å². The van der Waals surface area contributed by atoms with E-state index in [2.05, 4.69) is 12.2 Å². The van der Waals surface area contributed by atoms with Crippen LogP contribution in [-0.4, -0.2) is 47.1 Å². The quantitative estimate of drug-likeness (QED) is 0.826. The normalized spacial score (nSPS) is 40.1. The average Bonchev–Trinajstić information content (AvgIpc) is 3.12. The molecule has 136 valence electrons. The average molecular weight is 336 g/mol. The van der Waals surface area contributed by atoms with E-state index < -0.39 is 0 Å². The molecule has 24 heavy (non-hydrogen) atoms. The maximum absolute atomic E-state index is 12.7. The van der Waals surface area contributed by atoms with Crippen LogP contribution in [0.4, 0.5) is 0 Å². The lowest BCUT2D eigenvalue weighted by Gasteiger charge is -2.34. The van der Waals surface area contributed by atoms with Gasteiger partial charge in [-0.15, -0.1) is 0 Å². The Kier molecular flexibility index (Phi) is 5.19. The second kappa shape index (κ2) is 7.03. The zero-order chi connectivity index (χ0) is 17.3. The number of hydrogen-bond acceptors (Lipinski definition) is 3. The molecule has 3 fully saturated rings. The molecule has 0 aromatic carbocycles. The zero-order valence-electron chi connectivity index (χ0n) is 15.1. The summed E-state index contributed by atoms with van der Waals surface area (Å²) in [6, 6.07) is 0.371. The van der Waals surface area contributed by atoms with Crippen molar-refractivity contribution in [1.82, 2.24) is 10.2 Å². The molecule has 0 spiro atoms. The van der Waals surface area contributed by atoms with Gasteiger partial charge in [-0.05, 0) is 44.4 Å². The first kappa shape index (κ1) is 17.7. The summed E-state index contributed by atoms with van der Waals surface area (Å²) in [5.74, 6) is 0.685. The van der Waals surface area contributed by atoms with Crippen LogP contribution in [-0.2, 0) is 9.59 Å². The Bertz CT molecular complexity index is 487. The van der Waals surface area contributed by atoms with Crippen LogP contribution in [0.3, 0.4) is 0 Å². The summed E-state index contributed by atoms with van der Waals surface area (Å²) in [6.07, 6.45) is 7.78. The van der Waals surface area contributed by atoms with Crippen LogP contribution in [0.5, 0.6) is 0 Å². The van der Waals surface area contributed by atoms with Crippen molar-refractivity contribution >= 4 is 11.8 Å². The molecule has 2 saturated carbocycles. The van der Waals surface area contributed by atoms with Gasteiger partial charge >= 0.3 is 0 Å². The fourth-order valence-electron chi connectivity index (χ4n) is 4.77. The van der Waals surface area contributed by atoms with Gasteiger partial charge in [0.25, 0.3) is 0 Å². The van der Waals surface area contributed by atoms with Crippen LogP contribution in [0.15, 0.2) is 0 Å². The number of rotatable bonds is 4. The maximum atomic E-state index is 12.7. The number of likely N-dealkylation sites (tertiary alicyclic amines) is 1. The highest BCUT2D eigenvalue weighted by Gasteiger charge is 2.43. The number of aliphatic hydroxyl groups is 1. The van der Waals surface area contributed by atoms with Crippen LogP contribution in [0.25, 0.3) is 0 Å². The van der Waals surface area contributed by atoms with E-state index in [0.29, 0.717) is 19.0 Å². The van der Waals surface area contributed by atoms with Crippen molar-refractivity contribution in [3.8, 4) is 0 Å². The Morgan fingerprint density at radius 3 is 2.67 bits per heavy atom. The Hall–Kier alpha value is -1.10. The third-order valence-electron chi connectivity index (χ3n) is 6.72. The third-order valence-corrected chi connectivity index (χ3v) is 6.72. The first-order valence-corrected chi connectivity index (χ1v) is 9.63. The van der Waals surface area contributed by atoms with Gasteiger partial charge in [0.15, 0.2) is 0 Å². The lowest BCUT2D eigenvalue weighted by Crippen LogP contribution is -2.47. The van der Waals surface area contributed by atoms with E-state index >= 15 is 0 Å². The molecule has 3 atom stereocenters. The molecule has 2 amide bonds. The van der Waals surface area contributed by atoms with Gasteiger partial charge in [-0.1, -0.05) is 20.3 Å². The minimum Gasteiger partial charge on any atom is -0.396 e. The molecule has 3 rings (SSSR count). The van der Waals surface area contributed by atoms with Gasteiger partial charge in [0, 0.05) is 30.5 Å². The predicted octanol–water partition coefficient (Wildman–Crippen LogP) is 2.08. The van der Waals surface area contributed by atoms with Crippen LogP contribution in [0.1, 0.15) is 65.2 Å². The van der Waals surface area contributed by atoms with E-state index in [0.717, 1.165) is 38.0 Å². The molecule has 0 aromatic heterocycles. The Balaban J connectivity index is 1.56. The molecule has 1 saturated heterocycles. The summed E-state index contributed by atoms with van der Waals surface area (Å²) in [4.78, 5) is 27.0. The fourth-order valence-corrected chi connectivity index (χ4v) is 4.77. The molecule has 0 unspecified atom stereocenters. The van der Waals surface area contributed by atoms with Gasteiger partial charge in [0.05, 0.1) is 12.5 Å². The Labute approximate surface area is 145 Å². The van der Waals surface area contributed by atoms with E-state index in [4.69, 9.17) is 0 Å². The molecular formula is C19H32N2O3. The van der Waals surface area contributed by atoms with Gasteiger partial charge < -0.3 is 15.3 Å². The molecule has 2 N–H and O–H groups in total. The summed E-state index contributed by atoms with van der Waals surface area (Å²) in [5.41, 5.74) is -0.211. The molecule has 5 nitrogen and oxygen atoms in total. The summed E-state index contributed by atoms with van der Waals surface area (Å²) >= 11 is 0. The molecule has 5 heteroatoms. The predicted molar refractivity (Wildman–Crippen MR) is 92.2 cm³/mol. The number of carbonyl (C=O) groups is 2. The summed E-state index contributed by atoms with van der Waals surface area (Å²) in [7, 11) is 0. The molecule has 0 radical (unpaired) electrons. The van der Waals surface area contributed by atoms with E-state index in [1.165, 1.54) is 12.8 Å². The van der Waals surface area contributed by atoms with Crippen molar-refractivity contribution in [2.24, 2.45) is 17.3 Å². The first-order valence-electron chi connectivity index (χ1n) is 9.63. The maximum Gasteiger partial charge on any atom is 0.225 e. The summed E-state index contributed by atoms with van der Waals surface area (Å²) in [5, 5.41) is 12.8. The zero-order valence-corrected chi connectivity index (χ0v) is 15.1. The van der Waals surface area contributed by atoms with E-state index in [1.54, 1.807) is 0 Å². The molecule has 2 aliphatic carbocycles. The van der Waals surface area contributed by atoms with Gasteiger partial charge in [-0.3, -0.25) is 9.59 Å². The van der Waals surface area contributed by atoms with Crippen molar-refractivity contribution < 1.29 is 14.7 Å². The number of nitrogens with one attached hydrogen (secondary N) is 1. The topological polar surface area (TPSA) is 69.6 Å². The van der Waals surface area contributed by atoms with Gasteiger partial charge in [-0.25, -0.2) is 0 Å². The van der Waals surface area contributed by atoms with Crippen molar-refractivity contribution in [2.45, 2.75) is 77.3 Å². The summed E-state index contributed by atoms with van der Waals surface area (Å²) in [6.45, 7) is 5.00. The molecule has 0 aromatic rings. The molecule has 0 bridgehead atoms. The number of amides is 2. The highest BCUT2D eigenvalue weighted by Crippen LogP contribution is 2.38. The van der Waals surface area contributed by atoms with E-state index in [9.17, 15) is 14.7 Å². The minimum atomic E-state index is -0.222. The standard InChI is InChI=1S/C19H32N2O3/c1-13-5-7-15(8-6-13)21-11-14(10-17(21)23)18(24)20-16-4-3-9-19(16,2)12-22/h13-16,22H,3-12H2,1-2H3,(H,20,24)/t13?,14-,15?,16-,19+/m1/s1. The number of aliphatic hydroxyl groups excluding tert-OH is 1. The van der Waals surface area contributed by atoms with Gasteiger partial charge in [0.2, 0.25) is 11.8 Å². The van der Waals surface area contributed by atoms with E-state index in [-0.39, 0.29) is 35.8 Å². The highest BCUT2D eigenvalue weighted by molar-refractivity contribution is 5.89. The van der Waals surface area contributed by atoms with Gasteiger partial charge in [-0.2, -0.15) is 0 Å². The van der Waals surface area contributed by atoms with Crippen LogP contribution < -0.4 is 5.32 Å². The smallest absolute Gasteiger partial charge is 0.225 e. The molecular weight excluding hydrogens is 304 g/mol. The fraction of sp³-hybridized carbons (Fsp3) is 0.895. The Morgan fingerprint density at radius 2 is 2.00 bits per heavy atom. The van der Waals surface area contributed by atoms with Crippen LogP contribution >= 0.6 is 0 Å².